The minimum Gasteiger partial charge on any atom is -0.469 e. The highest BCUT2D eigenvalue weighted by molar-refractivity contribution is 6.84. The molecule has 0 saturated carbocycles. The summed E-state index contributed by atoms with van der Waals surface area (Å²) in [4.78, 5) is 45.2. The Hall–Kier alpha value is -1.81. The zero-order valence-corrected chi connectivity index (χ0v) is 40.4. The van der Waals surface area contributed by atoms with E-state index < -0.39 is 22.0 Å². The molecule has 0 fully saturated rings. The normalized spacial score (nSPS) is 12.1. The van der Waals surface area contributed by atoms with Gasteiger partial charge in [0.2, 0.25) is 0 Å². The van der Waals surface area contributed by atoms with Gasteiger partial charge in [0.15, 0.2) is 16.6 Å². The lowest BCUT2D eigenvalue weighted by Crippen LogP contribution is -2.44. The smallest absolute Gasteiger partial charge is 0.311 e. The molecule has 0 aromatic rings. The van der Waals surface area contributed by atoms with E-state index in [2.05, 4.69) is 37.8 Å². The van der Waals surface area contributed by atoms with Gasteiger partial charge in [-0.05, 0) is 126 Å². The number of rotatable bonds is 22. The first kappa shape index (κ1) is 58.9. The number of esters is 4. The Morgan fingerprint density at radius 2 is 0.833 bits per heavy atom. The first-order valence-corrected chi connectivity index (χ1v) is 26.2. The summed E-state index contributed by atoms with van der Waals surface area (Å²) in [5, 5.41) is 8.38. The van der Waals surface area contributed by atoms with Crippen LogP contribution in [0.25, 0.3) is 0 Å². The molecular formula is C41H86O11Si2. The Labute approximate surface area is 333 Å². The van der Waals surface area contributed by atoms with Crippen molar-refractivity contribution >= 4 is 40.5 Å². The minimum atomic E-state index is -1.64. The van der Waals surface area contributed by atoms with Crippen molar-refractivity contribution in [2.75, 3.05) is 47.3 Å². The largest absolute Gasteiger partial charge is 0.469 e. The third-order valence-corrected chi connectivity index (χ3v) is 17.2. The fourth-order valence-electron chi connectivity index (χ4n) is 3.91. The second-order valence-corrected chi connectivity index (χ2v) is 26.2. The van der Waals surface area contributed by atoms with Crippen LogP contribution in [0.1, 0.15) is 135 Å². The Balaban J connectivity index is -0.000000332. The highest BCUT2D eigenvalue weighted by Gasteiger charge is 2.33. The second kappa shape index (κ2) is 29.4. The van der Waals surface area contributed by atoms with Gasteiger partial charge in [0, 0.05) is 7.11 Å². The van der Waals surface area contributed by atoms with Crippen LogP contribution in [0.3, 0.4) is 0 Å². The van der Waals surface area contributed by atoms with Gasteiger partial charge < -0.3 is 32.9 Å². The van der Waals surface area contributed by atoms with Gasteiger partial charge in [-0.25, -0.2) is 0 Å². The fraction of sp³-hybridized carbons (Fsp3) is 0.902. The summed E-state index contributed by atoms with van der Waals surface area (Å²) in [5.74, 6) is -0.603. The van der Waals surface area contributed by atoms with Gasteiger partial charge in [0.05, 0.1) is 48.6 Å². The van der Waals surface area contributed by atoms with E-state index in [4.69, 9.17) is 28.2 Å². The summed E-state index contributed by atoms with van der Waals surface area (Å²) in [5.41, 5.74) is -1.46. The maximum atomic E-state index is 11.9. The van der Waals surface area contributed by atoms with Crippen molar-refractivity contribution in [3.8, 4) is 0 Å². The lowest BCUT2D eigenvalue weighted by atomic mass is 9.91. The molecule has 0 aromatic heterocycles. The van der Waals surface area contributed by atoms with Crippen LogP contribution in [-0.2, 0) is 47.0 Å². The number of hydrogen-bond acceptors (Lipinski definition) is 11. The molecule has 0 bridgehead atoms. The molecule has 0 amide bonds. The Bertz CT molecular complexity index is 1020. The second-order valence-electron chi connectivity index (χ2n) is 17.4. The summed E-state index contributed by atoms with van der Waals surface area (Å²) in [6.45, 7) is 35.8. The predicted molar refractivity (Wildman–Crippen MR) is 225 cm³/mol. The summed E-state index contributed by atoms with van der Waals surface area (Å²) >= 11 is 0. The number of carbonyl (C=O) groups is 4. The van der Waals surface area contributed by atoms with Crippen LogP contribution in [0.2, 0.25) is 38.3 Å². The summed E-state index contributed by atoms with van der Waals surface area (Å²) in [7, 11) is -0.169. The highest BCUT2D eigenvalue weighted by atomic mass is 28.4. The van der Waals surface area contributed by atoms with E-state index in [1.54, 1.807) is 7.11 Å². The van der Waals surface area contributed by atoms with E-state index in [9.17, 15) is 19.2 Å². The van der Waals surface area contributed by atoms with E-state index >= 15 is 0 Å². The molecule has 0 atom stereocenters. The molecular weight excluding hydrogens is 725 g/mol. The number of unbranched alkanes of at least 4 members (excludes halogenated alkanes) is 1. The van der Waals surface area contributed by atoms with Crippen molar-refractivity contribution < 1.29 is 52.1 Å². The number of aliphatic hydroxyl groups is 1. The van der Waals surface area contributed by atoms with Crippen molar-refractivity contribution in [1.29, 1.82) is 0 Å². The molecule has 0 heterocycles. The zero-order valence-electron chi connectivity index (χ0n) is 38.4. The van der Waals surface area contributed by atoms with Gasteiger partial charge in [0.25, 0.3) is 0 Å². The van der Waals surface area contributed by atoms with Crippen molar-refractivity contribution in [3.63, 3.8) is 0 Å². The molecule has 0 rings (SSSR count). The Kier molecular flexibility index (Phi) is 32.1. The lowest BCUT2D eigenvalue weighted by molar-refractivity contribution is -0.156. The molecule has 0 radical (unpaired) electrons. The van der Waals surface area contributed by atoms with E-state index in [1.165, 1.54) is 26.0 Å². The van der Waals surface area contributed by atoms with Gasteiger partial charge in [-0.1, -0.05) is 47.5 Å². The highest BCUT2D eigenvalue weighted by Crippen LogP contribution is 2.26. The lowest BCUT2D eigenvalue weighted by Gasteiger charge is -2.34. The number of ether oxygens (including phenoxy) is 5. The van der Waals surface area contributed by atoms with Gasteiger partial charge in [0.1, 0.15) is 13.2 Å². The average molecular weight is 811 g/mol. The number of aliphatic hydroxyl groups excluding tert-OH is 1. The van der Waals surface area contributed by atoms with Crippen LogP contribution >= 0.6 is 0 Å². The third-order valence-electron chi connectivity index (χ3n) is 9.62. The molecule has 0 unspecified atom stereocenters. The fourth-order valence-corrected chi connectivity index (χ4v) is 12.9. The molecule has 0 aliphatic rings. The summed E-state index contributed by atoms with van der Waals surface area (Å²) < 4.78 is 31.0. The van der Waals surface area contributed by atoms with Gasteiger partial charge in [-0.15, -0.1) is 0 Å². The Morgan fingerprint density at radius 1 is 0.500 bits per heavy atom. The van der Waals surface area contributed by atoms with Crippen molar-refractivity contribution in [2.45, 2.75) is 173 Å². The number of methoxy groups -OCH3 is 2. The maximum Gasteiger partial charge on any atom is 0.311 e. The molecule has 0 aromatic carbocycles. The molecule has 0 aliphatic heterocycles. The number of carbonyl (C=O) groups excluding carboxylic acids is 4. The summed E-state index contributed by atoms with van der Waals surface area (Å²) in [6, 6.07) is 2.31. The van der Waals surface area contributed by atoms with Crippen LogP contribution < -0.4 is 0 Å². The van der Waals surface area contributed by atoms with Crippen molar-refractivity contribution in [2.24, 2.45) is 21.7 Å². The Morgan fingerprint density at radius 3 is 1.13 bits per heavy atom. The molecule has 54 heavy (non-hydrogen) atoms. The molecule has 0 aliphatic carbocycles. The monoisotopic (exact) mass is 811 g/mol. The van der Waals surface area contributed by atoms with E-state index in [0.717, 1.165) is 38.1 Å². The molecule has 11 nitrogen and oxygen atoms in total. The van der Waals surface area contributed by atoms with Crippen LogP contribution in [-0.4, -0.2) is 92.9 Å². The topological polar surface area (TPSA) is 144 Å². The van der Waals surface area contributed by atoms with Crippen molar-refractivity contribution in [1.82, 2.24) is 0 Å². The molecule has 13 heteroatoms. The third kappa shape index (κ3) is 29.5. The first-order valence-electron chi connectivity index (χ1n) is 20.0. The van der Waals surface area contributed by atoms with Crippen molar-refractivity contribution in [3.05, 3.63) is 0 Å². The molecule has 0 saturated heterocycles. The van der Waals surface area contributed by atoms with Crippen LogP contribution in [0.15, 0.2) is 0 Å². The van der Waals surface area contributed by atoms with Crippen LogP contribution in [0, 0.1) is 21.7 Å². The maximum absolute atomic E-state index is 11.9. The average Bonchev–Trinajstić information content (AvgIpc) is 3.11. The van der Waals surface area contributed by atoms with E-state index in [1.807, 2.05) is 83.1 Å². The van der Waals surface area contributed by atoms with Gasteiger partial charge in [-0.2, -0.15) is 0 Å². The molecule has 1 N–H and O–H groups in total. The minimum absolute atomic E-state index is 0.0759. The van der Waals surface area contributed by atoms with Gasteiger partial charge >= 0.3 is 23.9 Å². The summed E-state index contributed by atoms with van der Waals surface area (Å²) in [6.07, 6.45) is 6.60. The van der Waals surface area contributed by atoms with E-state index in [0.29, 0.717) is 19.8 Å². The SMILES string of the molecule is CCC(C)(C)C(=O)OC.CCC(C)(C)C(=O)OCCO.CCC(C)(C)C(=O)OCCOC.CCCC[Si](C)(C)O[Si](C)(C)CCCOC(=O)C(C)(C)CC. The first-order chi connectivity index (χ1) is 24.6. The predicted octanol–water partition coefficient (Wildman–Crippen LogP) is 9.75. The quantitative estimate of drug-likeness (QED) is 0.0483. The molecule has 0 spiro atoms. The standard InChI is InChI=1S/C17H38O3Si2.C9H18O3.C8H16O3.C7H14O2/c1-9-11-14-21(5,6)20-22(7,8)15-12-13-19-16(18)17(3,4)10-2;1-5-9(2,3)8(10)12-7-6-11-4;1-4-8(2,3)7(10)11-6-5-9;1-5-7(2,3)6(8)9-4/h9-15H2,1-8H3;5-7H2,1-4H3;9H,4-6H2,1-3H3;5H2,1-4H3. The van der Waals surface area contributed by atoms with Crippen LogP contribution in [0.5, 0.6) is 0 Å². The van der Waals surface area contributed by atoms with Crippen LogP contribution in [0.4, 0.5) is 0 Å². The van der Waals surface area contributed by atoms with Gasteiger partial charge in [-0.3, -0.25) is 19.2 Å². The number of hydrogen-bond donors (Lipinski definition) is 1. The zero-order chi connectivity index (χ0) is 43.5. The molecule has 324 valence electrons. The van der Waals surface area contributed by atoms with E-state index in [-0.39, 0.29) is 53.3 Å².